The van der Waals surface area contributed by atoms with Gasteiger partial charge in [0.2, 0.25) is 0 Å². The number of nitrogens with two attached hydrogens (primary N) is 1. The van der Waals surface area contributed by atoms with Gasteiger partial charge in [-0.2, -0.15) is 26.3 Å². The highest BCUT2D eigenvalue weighted by molar-refractivity contribution is 7.15. The van der Waals surface area contributed by atoms with Crippen LogP contribution in [0.25, 0.3) is 10.4 Å². The van der Waals surface area contributed by atoms with Gasteiger partial charge in [0.25, 0.3) is 5.91 Å². The lowest BCUT2D eigenvalue weighted by molar-refractivity contribution is -0.143. The van der Waals surface area contributed by atoms with Crippen molar-refractivity contribution in [2.24, 2.45) is 0 Å². The van der Waals surface area contributed by atoms with E-state index in [1.165, 1.54) is 12.1 Å². The molecule has 2 aromatic carbocycles. The number of anilines is 2. The van der Waals surface area contributed by atoms with Crippen LogP contribution in [0.5, 0.6) is 0 Å². The lowest BCUT2D eigenvalue weighted by Crippen LogP contribution is -2.16. The number of aromatic nitrogens is 1. The molecule has 0 spiro atoms. The zero-order chi connectivity index (χ0) is 28.5. The predicted octanol–water partition coefficient (Wildman–Crippen LogP) is 7.70. The van der Waals surface area contributed by atoms with E-state index >= 15 is 0 Å². The summed E-state index contributed by atoms with van der Waals surface area (Å²) >= 11 is 1.58. The Labute approximate surface area is 223 Å². The Morgan fingerprint density at radius 3 is 2.10 bits per heavy atom. The van der Waals surface area contributed by atoms with Crippen molar-refractivity contribution in [2.45, 2.75) is 26.2 Å². The van der Waals surface area contributed by atoms with Crippen molar-refractivity contribution in [2.75, 3.05) is 11.1 Å². The average Bonchev–Trinajstić information content (AvgIpc) is 3.29. The second-order valence-electron chi connectivity index (χ2n) is 8.60. The van der Waals surface area contributed by atoms with Crippen molar-refractivity contribution in [3.63, 3.8) is 0 Å². The number of nitrogen functional groups attached to an aromatic ring is 1. The fourth-order valence-electron chi connectivity index (χ4n) is 3.56. The van der Waals surface area contributed by atoms with Gasteiger partial charge in [-0.3, -0.25) is 4.79 Å². The van der Waals surface area contributed by atoms with Crippen molar-refractivity contribution in [3.05, 3.63) is 99.1 Å². The van der Waals surface area contributed by atoms with E-state index in [0.717, 1.165) is 15.3 Å². The largest absolute Gasteiger partial charge is 0.416 e. The fraction of sp³-hybridized carbons (Fsp3) is 0.143. The number of hydrogen-bond donors (Lipinski definition) is 2. The molecule has 0 unspecified atom stereocenters. The summed E-state index contributed by atoms with van der Waals surface area (Å²) in [6, 6.07) is 11.0. The molecule has 4 nitrogen and oxygen atoms in total. The van der Waals surface area contributed by atoms with E-state index in [9.17, 15) is 31.1 Å². The number of alkyl halides is 6. The average molecular weight is 560 g/mol. The molecule has 0 bridgehead atoms. The van der Waals surface area contributed by atoms with Crippen molar-refractivity contribution < 1.29 is 31.1 Å². The molecule has 39 heavy (non-hydrogen) atoms. The molecular weight excluding hydrogens is 540 g/mol. The van der Waals surface area contributed by atoms with Gasteiger partial charge in [0.15, 0.2) is 0 Å². The summed E-state index contributed by atoms with van der Waals surface area (Å²) in [4.78, 5) is 19.1. The highest BCUT2D eigenvalue weighted by Crippen LogP contribution is 2.37. The molecule has 0 aliphatic rings. The molecular formula is C28H19F6N3OS. The standard InChI is InChI=1S/C28H19F6N3OS/c1-15-3-5-19(26(38)37-23-12-21(27(29,30)31)11-22(13-23)28(32,33)34)9-17(15)6-7-18-10-20(14-36-25(18)35)24-8-4-16(2)39-24/h3-5,8-14H,1-2H3,(H2,35,36)(H,37,38). The zero-order valence-electron chi connectivity index (χ0n) is 20.4. The van der Waals surface area contributed by atoms with Gasteiger partial charge in [-0.25, -0.2) is 4.98 Å². The van der Waals surface area contributed by atoms with Crippen LogP contribution in [0.3, 0.4) is 0 Å². The van der Waals surface area contributed by atoms with Crippen molar-refractivity contribution in [3.8, 4) is 22.3 Å². The summed E-state index contributed by atoms with van der Waals surface area (Å²) in [6.07, 6.45) is -8.44. The highest BCUT2D eigenvalue weighted by atomic mass is 32.1. The number of rotatable bonds is 3. The predicted molar refractivity (Wildman–Crippen MR) is 138 cm³/mol. The summed E-state index contributed by atoms with van der Waals surface area (Å²) < 4.78 is 79.0. The summed E-state index contributed by atoms with van der Waals surface area (Å²) in [7, 11) is 0. The van der Waals surface area contributed by atoms with E-state index < -0.39 is 35.1 Å². The minimum atomic E-state index is -5.04. The zero-order valence-corrected chi connectivity index (χ0v) is 21.2. The highest BCUT2D eigenvalue weighted by Gasteiger charge is 2.37. The van der Waals surface area contributed by atoms with Gasteiger partial charge in [-0.1, -0.05) is 17.9 Å². The van der Waals surface area contributed by atoms with Gasteiger partial charge in [0, 0.05) is 38.3 Å². The van der Waals surface area contributed by atoms with E-state index in [-0.39, 0.29) is 17.4 Å². The Hall–Kier alpha value is -4.30. The molecule has 0 saturated carbocycles. The monoisotopic (exact) mass is 559 g/mol. The summed E-state index contributed by atoms with van der Waals surface area (Å²) in [5.74, 6) is 5.17. The normalized spacial score (nSPS) is 11.6. The first-order valence-electron chi connectivity index (χ1n) is 11.3. The first kappa shape index (κ1) is 27.7. The quantitative estimate of drug-likeness (QED) is 0.200. The van der Waals surface area contributed by atoms with Crippen molar-refractivity contribution >= 4 is 28.7 Å². The first-order valence-corrected chi connectivity index (χ1v) is 12.1. The molecule has 1 amide bonds. The second-order valence-corrected chi connectivity index (χ2v) is 9.88. The third-order valence-corrected chi connectivity index (χ3v) is 6.67. The van der Waals surface area contributed by atoms with Crippen LogP contribution in [-0.4, -0.2) is 10.9 Å². The molecule has 4 aromatic rings. The van der Waals surface area contributed by atoms with Crippen LogP contribution in [0, 0.1) is 25.7 Å². The number of nitrogens with zero attached hydrogens (tertiary/aromatic N) is 1. The Morgan fingerprint density at radius 1 is 0.872 bits per heavy atom. The molecule has 0 saturated heterocycles. The maximum absolute atomic E-state index is 13.2. The van der Waals surface area contributed by atoms with Crippen LogP contribution < -0.4 is 11.1 Å². The first-order chi connectivity index (χ1) is 18.2. The molecule has 0 radical (unpaired) electrons. The summed E-state index contributed by atoms with van der Waals surface area (Å²) in [5, 5.41) is 2.12. The van der Waals surface area contributed by atoms with Gasteiger partial charge < -0.3 is 11.1 Å². The third-order valence-electron chi connectivity index (χ3n) is 5.62. The number of carbonyl (C=O) groups excluding carboxylic acids is 1. The number of pyridine rings is 1. The maximum atomic E-state index is 13.2. The van der Waals surface area contributed by atoms with Crippen LogP contribution in [0.1, 0.15) is 43.1 Å². The number of carbonyl (C=O) groups is 1. The topological polar surface area (TPSA) is 68.0 Å². The number of hydrogen-bond acceptors (Lipinski definition) is 4. The van der Waals surface area contributed by atoms with Crippen molar-refractivity contribution in [1.82, 2.24) is 4.98 Å². The molecule has 0 aliphatic carbocycles. The van der Waals surface area contributed by atoms with Crippen LogP contribution in [0.15, 0.2) is 60.8 Å². The van der Waals surface area contributed by atoms with Gasteiger partial charge in [-0.05, 0) is 67.9 Å². The Bertz CT molecular complexity index is 1590. The number of amides is 1. The third kappa shape index (κ3) is 6.59. The van der Waals surface area contributed by atoms with E-state index in [0.29, 0.717) is 28.8 Å². The maximum Gasteiger partial charge on any atom is 0.416 e. The molecule has 4 rings (SSSR count). The van der Waals surface area contributed by atoms with E-state index in [1.54, 1.807) is 36.6 Å². The number of halogens is 6. The number of aryl methyl sites for hydroxylation is 2. The van der Waals surface area contributed by atoms with Crippen LogP contribution in [-0.2, 0) is 12.4 Å². The number of benzene rings is 2. The van der Waals surface area contributed by atoms with E-state index in [2.05, 4.69) is 22.1 Å². The molecule has 0 aliphatic heterocycles. The number of nitrogens with one attached hydrogen (secondary N) is 1. The van der Waals surface area contributed by atoms with Crippen molar-refractivity contribution in [1.29, 1.82) is 0 Å². The Balaban J connectivity index is 1.63. The second kappa shape index (κ2) is 10.5. The molecule has 3 N–H and O–H groups in total. The lowest BCUT2D eigenvalue weighted by atomic mass is 10.0. The van der Waals surface area contributed by atoms with Crippen LogP contribution in [0.4, 0.5) is 37.8 Å². The van der Waals surface area contributed by atoms with Gasteiger partial charge in [-0.15, -0.1) is 11.3 Å². The number of thiophene rings is 1. The molecule has 2 heterocycles. The fourth-order valence-corrected chi connectivity index (χ4v) is 4.41. The van der Waals surface area contributed by atoms with Gasteiger partial charge in [0.1, 0.15) is 5.82 Å². The van der Waals surface area contributed by atoms with Gasteiger partial charge >= 0.3 is 12.4 Å². The Morgan fingerprint density at radius 2 is 1.51 bits per heavy atom. The smallest absolute Gasteiger partial charge is 0.383 e. The molecule has 11 heteroatoms. The molecule has 0 atom stereocenters. The van der Waals surface area contributed by atoms with Crippen LogP contribution in [0.2, 0.25) is 0 Å². The molecule has 2 aromatic heterocycles. The Kier molecular flexibility index (Phi) is 7.44. The lowest BCUT2D eigenvalue weighted by Gasteiger charge is -2.15. The van der Waals surface area contributed by atoms with E-state index in [1.807, 2.05) is 19.1 Å². The molecule has 0 fully saturated rings. The minimum absolute atomic E-state index is 0.00946. The summed E-state index contributed by atoms with van der Waals surface area (Å²) in [5.41, 5.74) is 4.66. The van der Waals surface area contributed by atoms with Gasteiger partial charge in [0.05, 0.1) is 16.7 Å². The minimum Gasteiger partial charge on any atom is -0.383 e. The van der Waals surface area contributed by atoms with Crippen LogP contribution >= 0.6 is 11.3 Å². The summed E-state index contributed by atoms with van der Waals surface area (Å²) in [6.45, 7) is 3.72. The SMILES string of the molecule is Cc1ccc(-c2cnc(N)c(C#Cc3cc(C(=O)Nc4cc(C(F)(F)F)cc(C(F)(F)F)c4)ccc3C)c2)s1. The molecule has 200 valence electrons. The van der Waals surface area contributed by atoms with E-state index in [4.69, 9.17) is 5.73 Å².